The van der Waals surface area contributed by atoms with Crippen LogP contribution in [-0.2, 0) is 0 Å². The second-order valence-electron chi connectivity index (χ2n) is 5.84. The van der Waals surface area contributed by atoms with Gasteiger partial charge >= 0.3 is 6.61 Å². The number of fused-ring (bicyclic) bond motifs is 1. The Morgan fingerprint density at radius 3 is 2.75 bits per heavy atom. The molecule has 6 nitrogen and oxygen atoms in total. The van der Waals surface area contributed by atoms with Crippen molar-refractivity contribution in [2.24, 2.45) is 0 Å². The van der Waals surface area contributed by atoms with Crippen molar-refractivity contribution in [1.29, 1.82) is 5.26 Å². The molecule has 0 fully saturated rings. The minimum atomic E-state index is -2.98. The molecule has 0 radical (unpaired) electrons. The molecule has 0 bridgehead atoms. The summed E-state index contributed by atoms with van der Waals surface area (Å²) in [5.41, 5.74) is 1.16. The molecule has 0 atom stereocenters. The van der Waals surface area contributed by atoms with Gasteiger partial charge in [0.15, 0.2) is 17.3 Å². The number of alkyl halides is 2. The van der Waals surface area contributed by atoms with E-state index in [1.807, 2.05) is 19.9 Å². The largest absolute Gasteiger partial charge is 0.493 e. The van der Waals surface area contributed by atoms with Crippen LogP contribution in [0.5, 0.6) is 11.5 Å². The Labute approximate surface area is 162 Å². The predicted octanol–water partition coefficient (Wildman–Crippen LogP) is 4.28. The molecule has 0 amide bonds. The van der Waals surface area contributed by atoms with Crippen LogP contribution in [0.2, 0.25) is 0 Å². The smallest absolute Gasteiger partial charge is 0.387 e. The van der Waals surface area contributed by atoms with Gasteiger partial charge in [0.05, 0.1) is 18.1 Å². The number of hydrogen-bond acceptors (Lipinski definition) is 6. The minimum absolute atomic E-state index is 0.0905. The first-order valence-electron chi connectivity index (χ1n) is 8.09. The van der Waals surface area contributed by atoms with Gasteiger partial charge in [-0.2, -0.15) is 14.0 Å². The van der Waals surface area contributed by atoms with Crippen LogP contribution in [0.1, 0.15) is 21.8 Å². The van der Waals surface area contributed by atoms with Crippen LogP contribution in [-0.4, -0.2) is 23.7 Å². The van der Waals surface area contributed by atoms with Crippen molar-refractivity contribution in [1.82, 2.24) is 9.97 Å². The van der Waals surface area contributed by atoms with Crippen LogP contribution in [0.3, 0.4) is 0 Å². The summed E-state index contributed by atoms with van der Waals surface area (Å²) in [6, 6.07) is 6.27. The summed E-state index contributed by atoms with van der Waals surface area (Å²) in [7, 11) is 1.32. The molecular weight excluding hydrogens is 388 g/mol. The summed E-state index contributed by atoms with van der Waals surface area (Å²) in [4.78, 5) is 21.0. The molecule has 2 heterocycles. The van der Waals surface area contributed by atoms with E-state index >= 15 is 0 Å². The zero-order valence-electron chi connectivity index (χ0n) is 15.2. The first-order valence-corrected chi connectivity index (χ1v) is 8.90. The van der Waals surface area contributed by atoms with E-state index in [4.69, 9.17) is 4.74 Å². The number of nitrogens with one attached hydrogen (secondary N) is 1. The summed E-state index contributed by atoms with van der Waals surface area (Å²) in [6.45, 7) is 0.766. The number of allylic oxidation sites excluding steroid dienone is 1. The zero-order valence-corrected chi connectivity index (χ0v) is 16.0. The lowest BCUT2D eigenvalue weighted by Gasteiger charge is -2.10. The summed E-state index contributed by atoms with van der Waals surface area (Å²) >= 11 is 1.38. The third kappa shape index (κ3) is 3.73. The second kappa shape index (κ2) is 7.78. The van der Waals surface area contributed by atoms with Gasteiger partial charge in [-0.1, -0.05) is 6.07 Å². The maximum atomic E-state index is 12.4. The standard InChI is InChI=1S/C19H15F2N3O3S/c1-9-10(2)28-18-15(9)17(25)23-16(24-18)12(8-22)6-11-4-5-13(27-19(20)21)14(7-11)26-3/h4-7,19H,1-3H3,(H,23,24,25)/b12-6+. The average molecular weight is 403 g/mol. The molecule has 0 unspecified atom stereocenters. The number of nitriles is 1. The van der Waals surface area contributed by atoms with Crippen molar-refractivity contribution in [3.63, 3.8) is 0 Å². The number of aromatic nitrogens is 2. The van der Waals surface area contributed by atoms with Crippen molar-refractivity contribution >= 4 is 33.2 Å². The Hall–Kier alpha value is -3.25. The highest BCUT2D eigenvalue weighted by Crippen LogP contribution is 2.31. The highest BCUT2D eigenvalue weighted by Gasteiger charge is 2.15. The quantitative estimate of drug-likeness (QED) is 0.643. The maximum absolute atomic E-state index is 12.4. The molecule has 0 aliphatic heterocycles. The van der Waals surface area contributed by atoms with Crippen LogP contribution in [0.25, 0.3) is 21.9 Å². The zero-order chi connectivity index (χ0) is 20.4. The summed E-state index contributed by atoms with van der Waals surface area (Å²) < 4.78 is 34.3. The Morgan fingerprint density at radius 1 is 1.36 bits per heavy atom. The van der Waals surface area contributed by atoms with E-state index in [1.54, 1.807) is 0 Å². The SMILES string of the molecule is COc1cc(/C=C(\C#N)c2nc3sc(C)c(C)c3c(=O)[nH]2)ccc1OC(F)F. The molecular formula is C19H15F2N3O3S. The molecule has 1 N–H and O–H groups in total. The van der Waals surface area contributed by atoms with Crippen molar-refractivity contribution in [3.8, 4) is 17.6 Å². The number of hydrogen-bond donors (Lipinski definition) is 1. The molecule has 28 heavy (non-hydrogen) atoms. The lowest BCUT2D eigenvalue weighted by atomic mass is 10.1. The van der Waals surface area contributed by atoms with Crippen LogP contribution in [0.15, 0.2) is 23.0 Å². The number of H-pyrrole nitrogens is 1. The Morgan fingerprint density at radius 2 is 2.11 bits per heavy atom. The topological polar surface area (TPSA) is 88.0 Å². The number of benzene rings is 1. The maximum Gasteiger partial charge on any atom is 0.387 e. The first kappa shape index (κ1) is 19.5. The minimum Gasteiger partial charge on any atom is -0.493 e. The summed E-state index contributed by atoms with van der Waals surface area (Å²) in [5.74, 6) is 0.103. The second-order valence-corrected chi connectivity index (χ2v) is 7.04. The van der Waals surface area contributed by atoms with Crippen molar-refractivity contribution in [2.75, 3.05) is 7.11 Å². The van der Waals surface area contributed by atoms with Gasteiger partial charge in [-0.15, -0.1) is 11.3 Å². The number of methoxy groups -OCH3 is 1. The van der Waals surface area contributed by atoms with Crippen LogP contribution >= 0.6 is 11.3 Å². The predicted molar refractivity (Wildman–Crippen MR) is 103 cm³/mol. The van der Waals surface area contributed by atoms with E-state index in [9.17, 15) is 18.8 Å². The van der Waals surface area contributed by atoms with Crippen LogP contribution in [0.4, 0.5) is 8.78 Å². The number of ether oxygens (including phenoxy) is 2. The Bertz CT molecular complexity index is 1180. The van der Waals surface area contributed by atoms with Gasteiger partial charge in [0.2, 0.25) is 0 Å². The fraction of sp³-hybridized carbons (Fsp3) is 0.211. The molecule has 0 saturated carbocycles. The molecule has 0 saturated heterocycles. The normalized spacial score (nSPS) is 11.7. The fourth-order valence-corrected chi connectivity index (χ4v) is 3.70. The molecule has 2 aromatic heterocycles. The number of aryl methyl sites for hydroxylation is 2. The van der Waals surface area contributed by atoms with Crippen molar-refractivity contribution in [2.45, 2.75) is 20.5 Å². The Balaban J connectivity index is 2.07. The van der Waals surface area contributed by atoms with Gasteiger partial charge in [-0.25, -0.2) is 4.98 Å². The van der Waals surface area contributed by atoms with Gasteiger partial charge in [-0.3, -0.25) is 4.79 Å². The van der Waals surface area contributed by atoms with Crippen LogP contribution < -0.4 is 15.0 Å². The lowest BCUT2D eigenvalue weighted by Crippen LogP contribution is -2.10. The lowest BCUT2D eigenvalue weighted by molar-refractivity contribution is -0.0512. The molecule has 9 heteroatoms. The third-order valence-electron chi connectivity index (χ3n) is 4.13. The van der Waals surface area contributed by atoms with E-state index in [0.717, 1.165) is 10.4 Å². The van der Waals surface area contributed by atoms with Gasteiger partial charge < -0.3 is 14.5 Å². The first-order chi connectivity index (χ1) is 13.3. The number of nitrogens with zero attached hydrogens (tertiary/aromatic N) is 2. The van der Waals surface area contributed by atoms with E-state index < -0.39 is 6.61 Å². The van der Waals surface area contributed by atoms with Crippen LogP contribution in [0, 0.1) is 25.2 Å². The summed E-state index contributed by atoms with van der Waals surface area (Å²) in [6.07, 6.45) is 1.48. The number of aromatic amines is 1. The molecule has 144 valence electrons. The molecule has 0 spiro atoms. The van der Waals surface area contributed by atoms with E-state index in [0.29, 0.717) is 15.8 Å². The monoisotopic (exact) mass is 403 g/mol. The number of rotatable bonds is 5. The Kier molecular flexibility index (Phi) is 5.42. The van der Waals surface area contributed by atoms with E-state index in [1.165, 1.54) is 42.7 Å². The summed E-state index contributed by atoms with van der Waals surface area (Å²) in [5, 5.41) is 10.0. The fourth-order valence-electron chi connectivity index (χ4n) is 2.67. The van der Waals surface area contributed by atoms with Gasteiger partial charge in [0, 0.05) is 4.88 Å². The highest BCUT2D eigenvalue weighted by atomic mass is 32.1. The molecule has 1 aromatic carbocycles. The van der Waals surface area contributed by atoms with Gasteiger partial charge in [0.1, 0.15) is 10.9 Å². The highest BCUT2D eigenvalue weighted by molar-refractivity contribution is 7.18. The van der Waals surface area contributed by atoms with E-state index in [-0.39, 0.29) is 28.5 Å². The van der Waals surface area contributed by atoms with Gasteiger partial charge in [0.25, 0.3) is 5.56 Å². The van der Waals surface area contributed by atoms with Crippen molar-refractivity contribution in [3.05, 3.63) is 50.4 Å². The van der Waals surface area contributed by atoms with E-state index in [2.05, 4.69) is 14.7 Å². The van der Waals surface area contributed by atoms with Crippen molar-refractivity contribution < 1.29 is 18.3 Å². The number of thiophene rings is 1. The molecule has 0 aliphatic rings. The molecule has 3 aromatic rings. The average Bonchev–Trinajstić information content (AvgIpc) is 2.94. The third-order valence-corrected chi connectivity index (χ3v) is 5.23. The molecule has 0 aliphatic carbocycles. The number of halogens is 2. The van der Waals surface area contributed by atoms with Gasteiger partial charge in [-0.05, 0) is 43.2 Å². The molecule has 3 rings (SSSR count).